The second kappa shape index (κ2) is 6.03. The number of nitrogens with two attached hydrogens (primary N) is 1. The number of primary amides is 1. The molecule has 7 heteroatoms. The van der Waals surface area contributed by atoms with E-state index in [0.29, 0.717) is 25.9 Å². The van der Waals surface area contributed by atoms with E-state index in [1.165, 1.54) is 0 Å². The molecule has 5 nitrogen and oxygen atoms in total. The van der Waals surface area contributed by atoms with Gasteiger partial charge in [0, 0.05) is 25.9 Å². The minimum absolute atomic E-state index is 0.238. The van der Waals surface area contributed by atoms with Gasteiger partial charge in [0.05, 0.1) is 12.6 Å². The van der Waals surface area contributed by atoms with E-state index in [-0.39, 0.29) is 17.7 Å². The van der Waals surface area contributed by atoms with Gasteiger partial charge in [-0.25, -0.2) is 8.78 Å². The molecule has 3 N–H and O–H groups in total. The molecule has 2 atom stereocenters. The number of hydrogen-bond acceptors (Lipinski definition) is 3. The highest BCUT2D eigenvalue weighted by Gasteiger charge is 2.43. The molecule has 2 aliphatic rings. The van der Waals surface area contributed by atoms with Gasteiger partial charge in [-0.1, -0.05) is 0 Å². The van der Waals surface area contributed by atoms with Gasteiger partial charge < -0.3 is 10.6 Å². The van der Waals surface area contributed by atoms with E-state index >= 15 is 0 Å². The first-order valence-electron chi connectivity index (χ1n) is 7.06. The Bertz CT molecular complexity index is 390. The Morgan fingerprint density at radius 1 is 1.40 bits per heavy atom. The smallest absolute Gasteiger partial charge is 0.262 e. The second-order valence-corrected chi connectivity index (χ2v) is 5.79. The Balaban J connectivity index is 1.85. The average molecular weight is 289 g/mol. The average Bonchev–Trinajstić information content (AvgIpc) is 2.76. The number of piperidine rings is 1. The Kier molecular flexibility index (Phi) is 4.57. The molecule has 2 rings (SSSR count). The maximum Gasteiger partial charge on any atom is 0.262 e. The number of carbonyl (C=O) groups excluding carboxylic acids is 2. The fourth-order valence-corrected chi connectivity index (χ4v) is 2.96. The van der Waals surface area contributed by atoms with E-state index < -0.39 is 24.9 Å². The minimum Gasteiger partial charge on any atom is -0.370 e. The Hall–Kier alpha value is -1.24. The summed E-state index contributed by atoms with van der Waals surface area (Å²) in [5.74, 6) is -3.14. The fourth-order valence-electron chi connectivity index (χ4n) is 2.96. The molecular weight excluding hydrogens is 268 g/mol. The van der Waals surface area contributed by atoms with Crippen LogP contribution in [-0.2, 0) is 9.59 Å². The van der Waals surface area contributed by atoms with Gasteiger partial charge in [-0.2, -0.15) is 0 Å². The summed E-state index contributed by atoms with van der Waals surface area (Å²) in [7, 11) is 0. The molecule has 2 saturated heterocycles. The highest BCUT2D eigenvalue weighted by Crippen LogP contribution is 2.28. The van der Waals surface area contributed by atoms with Crippen molar-refractivity contribution in [1.29, 1.82) is 0 Å². The van der Waals surface area contributed by atoms with Gasteiger partial charge in [-0.3, -0.25) is 14.9 Å². The number of carbonyl (C=O) groups is 2. The standard InChI is InChI=1S/C13H21F2N3O2/c14-13(15)6-10(17-8-13)12(20)18-5-1-2-9(7-18)3-4-11(16)19/h9-10,17H,1-8H2,(H2,16,19). The number of halogens is 2. The molecule has 20 heavy (non-hydrogen) atoms. The Labute approximate surface area is 116 Å². The number of nitrogens with zero attached hydrogens (tertiary/aromatic N) is 1. The first-order valence-corrected chi connectivity index (χ1v) is 7.06. The second-order valence-electron chi connectivity index (χ2n) is 5.79. The van der Waals surface area contributed by atoms with Crippen molar-refractivity contribution in [3.05, 3.63) is 0 Å². The van der Waals surface area contributed by atoms with Gasteiger partial charge in [-0.15, -0.1) is 0 Å². The third-order valence-corrected chi connectivity index (χ3v) is 4.04. The summed E-state index contributed by atoms with van der Waals surface area (Å²) in [5, 5.41) is 2.59. The number of rotatable bonds is 4. The van der Waals surface area contributed by atoms with Crippen LogP contribution < -0.4 is 11.1 Å². The normalized spacial score (nSPS) is 29.4. The van der Waals surface area contributed by atoms with Gasteiger partial charge >= 0.3 is 0 Å². The number of amides is 2. The molecule has 0 bridgehead atoms. The third-order valence-electron chi connectivity index (χ3n) is 4.04. The third kappa shape index (κ3) is 3.88. The SMILES string of the molecule is NC(=O)CCC1CCCN(C(=O)C2CC(F)(F)CN2)C1. The van der Waals surface area contributed by atoms with E-state index in [1.54, 1.807) is 4.90 Å². The molecule has 2 amide bonds. The van der Waals surface area contributed by atoms with Crippen LogP contribution in [0.25, 0.3) is 0 Å². The van der Waals surface area contributed by atoms with Crippen LogP contribution in [-0.4, -0.2) is 48.3 Å². The molecule has 0 aromatic heterocycles. The van der Waals surface area contributed by atoms with E-state index in [2.05, 4.69) is 5.32 Å². The van der Waals surface area contributed by atoms with Gasteiger partial charge in [0.25, 0.3) is 5.92 Å². The molecule has 2 fully saturated rings. The quantitative estimate of drug-likeness (QED) is 0.791. The zero-order valence-corrected chi connectivity index (χ0v) is 11.4. The molecule has 2 heterocycles. The van der Waals surface area contributed by atoms with E-state index in [1.807, 2.05) is 0 Å². The summed E-state index contributed by atoms with van der Waals surface area (Å²) in [5.41, 5.74) is 5.12. The maximum atomic E-state index is 13.1. The molecule has 2 aliphatic heterocycles. The number of likely N-dealkylation sites (tertiary alicyclic amines) is 1. The van der Waals surface area contributed by atoms with Crippen molar-refractivity contribution in [3.8, 4) is 0 Å². The molecular formula is C13H21F2N3O2. The van der Waals surface area contributed by atoms with Gasteiger partial charge in [0.15, 0.2) is 0 Å². The van der Waals surface area contributed by atoms with Gasteiger partial charge in [-0.05, 0) is 25.2 Å². The Morgan fingerprint density at radius 2 is 2.15 bits per heavy atom. The van der Waals surface area contributed by atoms with E-state index in [9.17, 15) is 18.4 Å². The molecule has 0 aliphatic carbocycles. The lowest BCUT2D eigenvalue weighted by atomic mass is 9.93. The topological polar surface area (TPSA) is 75.4 Å². The van der Waals surface area contributed by atoms with Crippen LogP contribution in [0.15, 0.2) is 0 Å². The lowest BCUT2D eigenvalue weighted by Gasteiger charge is -2.34. The van der Waals surface area contributed by atoms with Crippen molar-refractivity contribution in [2.45, 2.75) is 44.1 Å². The lowest BCUT2D eigenvalue weighted by Crippen LogP contribution is -2.47. The molecule has 0 aromatic rings. The largest absolute Gasteiger partial charge is 0.370 e. The van der Waals surface area contributed by atoms with Crippen LogP contribution in [0.5, 0.6) is 0 Å². The van der Waals surface area contributed by atoms with Crippen LogP contribution in [0.4, 0.5) is 8.78 Å². The lowest BCUT2D eigenvalue weighted by molar-refractivity contribution is -0.135. The molecule has 0 spiro atoms. The molecule has 2 unspecified atom stereocenters. The summed E-state index contributed by atoms with van der Waals surface area (Å²) < 4.78 is 26.2. The number of nitrogens with one attached hydrogen (secondary N) is 1. The zero-order chi connectivity index (χ0) is 14.8. The van der Waals surface area contributed by atoms with Crippen LogP contribution in [0.3, 0.4) is 0 Å². The predicted molar refractivity (Wildman–Crippen MR) is 69.1 cm³/mol. The summed E-state index contributed by atoms with van der Waals surface area (Å²) in [6.07, 6.45) is 2.34. The first kappa shape index (κ1) is 15.2. The van der Waals surface area contributed by atoms with Crippen molar-refractivity contribution in [1.82, 2.24) is 10.2 Å². The molecule has 0 radical (unpaired) electrons. The summed E-state index contributed by atoms with van der Waals surface area (Å²) in [6.45, 7) is 0.716. The van der Waals surface area contributed by atoms with Crippen molar-refractivity contribution in [3.63, 3.8) is 0 Å². The monoisotopic (exact) mass is 289 g/mol. The molecule has 114 valence electrons. The van der Waals surface area contributed by atoms with E-state index in [0.717, 1.165) is 12.8 Å². The summed E-state index contributed by atoms with van der Waals surface area (Å²) >= 11 is 0. The summed E-state index contributed by atoms with van der Waals surface area (Å²) in [6, 6.07) is -0.778. The van der Waals surface area contributed by atoms with Gasteiger partial charge in [0.2, 0.25) is 11.8 Å². The van der Waals surface area contributed by atoms with Crippen molar-refractivity contribution < 1.29 is 18.4 Å². The van der Waals surface area contributed by atoms with Crippen LogP contribution in [0.2, 0.25) is 0 Å². The van der Waals surface area contributed by atoms with E-state index in [4.69, 9.17) is 5.73 Å². The zero-order valence-electron chi connectivity index (χ0n) is 11.4. The van der Waals surface area contributed by atoms with Crippen LogP contribution in [0, 0.1) is 5.92 Å². The van der Waals surface area contributed by atoms with Crippen molar-refractivity contribution in [2.75, 3.05) is 19.6 Å². The minimum atomic E-state index is -2.79. The molecule has 0 aromatic carbocycles. The van der Waals surface area contributed by atoms with Gasteiger partial charge in [0.1, 0.15) is 0 Å². The first-order chi connectivity index (χ1) is 9.37. The number of alkyl halides is 2. The Morgan fingerprint density at radius 3 is 2.75 bits per heavy atom. The highest BCUT2D eigenvalue weighted by atomic mass is 19.3. The van der Waals surface area contributed by atoms with Crippen molar-refractivity contribution in [2.24, 2.45) is 11.7 Å². The van der Waals surface area contributed by atoms with Crippen LogP contribution in [0.1, 0.15) is 32.1 Å². The maximum absolute atomic E-state index is 13.1. The summed E-state index contributed by atoms with van der Waals surface area (Å²) in [4.78, 5) is 24.6. The highest BCUT2D eigenvalue weighted by molar-refractivity contribution is 5.82. The predicted octanol–water partition coefficient (Wildman–Crippen LogP) is 0.488. The number of hydrogen-bond donors (Lipinski definition) is 2. The molecule has 0 saturated carbocycles. The fraction of sp³-hybridized carbons (Fsp3) is 0.846. The van der Waals surface area contributed by atoms with Crippen molar-refractivity contribution >= 4 is 11.8 Å². The van der Waals surface area contributed by atoms with Crippen LogP contribution >= 0.6 is 0 Å².